The normalized spacial score (nSPS) is 16.0. The minimum atomic E-state index is -0.0366. The molecule has 1 aliphatic rings. The Morgan fingerprint density at radius 2 is 1.75 bits per heavy atom. The lowest BCUT2D eigenvalue weighted by Gasteiger charge is -2.15. The fraction of sp³-hybridized carbons (Fsp3) is 0.148. The summed E-state index contributed by atoms with van der Waals surface area (Å²) in [5.41, 5.74) is 6.13. The molecule has 32 heavy (non-hydrogen) atoms. The molecule has 1 unspecified atom stereocenters. The van der Waals surface area contributed by atoms with Crippen molar-refractivity contribution in [3.8, 4) is 5.75 Å². The number of aromatic amines is 2. The maximum absolute atomic E-state index is 12.8. The number of carbonyl (C=O) groups excluding carboxylic acids is 1. The van der Waals surface area contributed by atoms with Gasteiger partial charge in [-0.05, 0) is 47.4 Å². The van der Waals surface area contributed by atoms with Gasteiger partial charge < -0.3 is 20.0 Å². The highest BCUT2D eigenvalue weighted by Gasteiger charge is 2.30. The summed E-state index contributed by atoms with van der Waals surface area (Å²) < 4.78 is 6.09. The quantitative estimate of drug-likeness (QED) is 0.359. The van der Waals surface area contributed by atoms with Crippen LogP contribution >= 0.6 is 0 Å². The van der Waals surface area contributed by atoms with E-state index in [1.54, 1.807) is 0 Å². The molecule has 5 nitrogen and oxygen atoms in total. The van der Waals surface area contributed by atoms with Gasteiger partial charge in [0.05, 0.1) is 0 Å². The third kappa shape index (κ3) is 3.14. The predicted molar refractivity (Wildman–Crippen MR) is 126 cm³/mol. The molecule has 3 aromatic carbocycles. The number of hydrogen-bond acceptors (Lipinski definition) is 2. The molecule has 0 bridgehead atoms. The van der Waals surface area contributed by atoms with Crippen LogP contribution in [0.15, 0.2) is 79.0 Å². The number of nitrogens with one attached hydrogen (secondary N) is 3. The zero-order valence-electron chi connectivity index (χ0n) is 17.5. The lowest BCUT2D eigenvalue weighted by molar-refractivity contribution is 0.0952. The number of hydrogen-bond donors (Lipinski definition) is 3. The Hall–Kier alpha value is -3.99. The van der Waals surface area contributed by atoms with Crippen molar-refractivity contribution in [2.75, 3.05) is 6.54 Å². The first kappa shape index (κ1) is 18.8. The van der Waals surface area contributed by atoms with Crippen molar-refractivity contribution >= 4 is 27.7 Å². The summed E-state index contributed by atoms with van der Waals surface area (Å²) in [5, 5.41) is 5.28. The maximum atomic E-state index is 12.8. The minimum Gasteiger partial charge on any atom is -0.489 e. The molecule has 3 N–H and O–H groups in total. The van der Waals surface area contributed by atoms with Crippen molar-refractivity contribution in [1.29, 1.82) is 0 Å². The van der Waals surface area contributed by atoms with Gasteiger partial charge in [-0.15, -0.1) is 0 Å². The summed E-state index contributed by atoms with van der Waals surface area (Å²) >= 11 is 0. The Kier molecular flexibility index (Phi) is 4.46. The van der Waals surface area contributed by atoms with Crippen LogP contribution in [0.25, 0.3) is 21.8 Å². The lowest BCUT2D eigenvalue weighted by Crippen LogP contribution is -2.23. The van der Waals surface area contributed by atoms with E-state index in [1.165, 1.54) is 5.56 Å². The number of ether oxygens (including phenoxy) is 1. The highest BCUT2D eigenvalue weighted by atomic mass is 16.5. The van der Waals surface area contributed by atoms with E-state index >= 15 is 0 Å². The van der Waals surface area contributed by atoms with Gasteiger partial charge in [0, 0.05) is 40.5 Å². The molecule has 6 rings (SSSR count). The zero-order valence-corrected chi connectivity index (χ0v) is 17.5. The molecule has 0 radical (unpaired) electrons. The summed E-state index contributed by atoms with van der Waals surface area (Å²) in [4.78, 5) is 19.5. The maximum Gasteiger partial charge on any atom is 0.268 e. The fourth-order valence-corrected chi connectivity index (χ4v) is 4.82. The average Bonchev–Trinajstić information content (AvgIpc) is 3.39. The summed E-state index contributed by atoms with van der Waals surface area (Å²) in [5.74, 6) is 0.896. The Morgan fingerprint density at radius 1 is 0.906 bits per heavy atom. The molecular weight excluding hydrogens is 398 g/mol. The van der Waals surface area contributed by atoms with E-state index in [-0.39, 0.29) is 11.8 Å². The number of amides is 1. The highest BCUT2D eigenvalue weighted by Crippen LogP contribution is 2.40. The summed E-state index contributed by atoms with van der Waals surface area (Å²) in [6.07, 6.45) is 2.92. The Balaban J connectivity index is 1.43. The molecule has 5 heteroatoms. The van der Waals surface area contributed by atoms with Gasteiger partial charge in [-0.25, -0.2) is 0 Å². The molecule has 1 aliphatic heterocycles. The van der Waals surface area contributed by atoms with E-state index in [2.05, 4.69) is 51.8 Å². The third-order valence-corrected chi connectivity index (χ3v) is 6.35. The van der Waals surface area contributed by atoms with Gasteiger partial charge in [-0.1, -0.05) is 48.5 Å². The fourth-order valence-electron chi connectivity index (χ4n) is 4.82. The third-order valence-electron chi connectivity index (χ3n) is 6.35. The van der Waals surface area contributed by atoms with Gasteiger partial charge in [0.15, 0.2) is 0 Å². The van der Waals surface area contributed by atoms with Crippen molar-refractivity contribution in [3.05, 3.63) is 101 Å². The minimum absolute atomic E-state index is 0.0366. The van der Waals surface area contributed by atoms with E-state index in [0.717, 1.165) is 45.1 Å². The first-order valence-corrected chi connectivity index (χ1v) is 10.9. The van der Waals surface area contributed by atoms with E-state index < -0.39 is 0 Å². The Morgan fingerprint density at radius 3 is 2.66 bits per heavy atom. The van der Waals surface area contributed by atoms with Crippen molar-refractivity contribution in [1.82, 2.24) is 15.3 Å². The highest BCUT2D eigenvalue weighted by molar-refractivity contribution is 6.02. The molecule has 0 saturated carbocycles. The van der Waals surface area contributed by atoms with Crippen molar-refractivity contribution in [2.24, 2.45) is 0 Å². The van der Waals surface area contributed by atoms with E-state index in [4.69, 9.17) is 4.74 Å². The lowest BCUT2D eigenvalue weighted by atomic mass is 9.87. The average molecular weight is 422 g/mol. The monoisotopic (exact) mass is 421 g/mol. The van der Waals surface area contributed by atoms with Gasteiger partial charge in [0.1, 0.15) is 18.1 Å². The molecule has 1 atom stereocenters. The van der Waals surface area contributed by atoms with Crippen molar-refractivity contribution in [2.45, 2.75) is 18.9 Å². The SMILES string of the molecule is O=C1NCCC(c2c[nH]c3ccc(OCc4ccccc4)cc23)c2c1[nH]c1ccccc21. The number of aromatic nitrogens is 2. The van der Waals surface area contributed by atoms with Gasteiger partial charge in [-0.3, -0.25) is 4.79 Å². The number of para-hydroxylation sites is 1. The van der Waals surface area contributed by atoms with Crippen LogP contribution in [0.3, 0.4) is 0 Å². The smallest absolute Gasteiger partial charge is 0.268 e. The second-order valence-corrected chi connectivity index (χ2v) is 8.28. The molecule has 158 valence electrons. The molecule has 5 aromatic rings. The first-order chi connectivity index (χ1) is 15.8. The van der Waals surface area contributed by atoms with E-state index in [0.29, 0.717) is 18.8 Å². The molecule has 0 spiro atoms. The zero-order chi connectivity index (χ0) is 21.5. The number of carbonyl (C=O) groups is 1. The molecule has 0 aliphatic carbocycles. The Labute approximate surface area is 185 Å². The first-order valence-electron chi connectivity index (χ1n) is 10.9. The van der Waals surface area contributed by atoms with Crippen LogP contribution < -0.4 is 10.1 Å². The molecular formula is C27H23N3O2. The van der Waals surface area contributed by atoms with Crippen molar-refractivity contribution < 1.29 is 9.53 Å². The Bertz CT molecular complexity index is 1430. The van der Waals surface area contributed by atoms with E-state index in [9.17, 15) is 4.79 Å². The number of H-pyrrole nitrogens is 2. The van der Waals surface area contributed by atoms with Crippen LogP contribution in [0.2, 0.25) is 0 Å². The summed E-state index contributed by atoms with van der Waals surface area (Å²) in [6, 6.07) is 24.5. The molecule has 0 fully saturated rings. The standard InChI is InChI=1S/C27H23N3O2/c31-27-26-25(20-8-4-5-9-24(20)30-26)19(12-13-28-27)22-15-29-23-11-10-18(14-21(22)23)32-16-17-6-2-1-3-7-17/h1-11,14-15,19,29-30H,12-13,16H2,(H,28,31). The number of rotatable bonds is 4. The van der Waals surface area contributed by atoms with Crippen LogP contribution in [-0.2, 0) is 6.61 Å². The van der Waals surface area contributed by atoms with Gasteiger partial charge >= 0.3 is 0 Å². The number of fused-ring (bicyclic) bond motifs is 4. The van der Waals surface area contributed by atoms with Crippen molar-refractivity contribution in [3.63, 3.8) is 0 Å². The van der Waals surface area contributed by atoms with Crippen LogP contribution in [0, 0.1) is 0 Å². The van der Waals surface area contributed by atoms with Crippen LogP contribution in [0.5, 0.6) is 5.75 Å². The summed E-state index contributed by atoms with van der Waals surface area (Å²) in [7, 11) is 0. The topological polar surface area (TPSA) is 69.9 Å². The second kappa shape index (κ2) is 7.61. The predicted octanol–water partition coefficient (Wildman–Crippen LogP) is 5.49. The largest absolute Gasteiger partial charge is 0.489 e. The van der Waals surface area contributed by atoms with E-state index in [1.807, 2.05) is 42.5 Å². The van der Waals surface area contributed by atoms with Gasteiger partial charge in [-0.2, -0.15) is 0 Å². The van der Waals surface area contributed by atoms with Crippen LogP contribution in [-0.4, -0.2) is 22.4 Å². The second-order valence-electron chi connectivity index (χ2n) is 8.28. The van der Waals surface area contributed by atoms with Gasteiger partial charge in [0.25, 0.3) is 5.91 Å². The molecule has 1 amide bonds. The van der Waals surface area contributed by atoms with Crippen LogP contribution in [0.1, 0.15) is 39.5 Å². The summed E-state index contributed by atoms with van der Waals surface area (Å²) in [6.45, 7) is 1.16. The van der Waals surface area contributed by atoms with Gasteiger partial charge in [0.2, 0.25) is 0 Å². The molecule has 2 aromatic heterocycles. The van der Waals surface area contributed by atoms with Crippen LogP contribution in [0.4, 0.5) is 0 Å². The molecule has 0 saturated heterocycles. The number of benzene rings is 3. The molecule has 3 heterocycles.